The Balaban J connectivity index is 2.21. The molecule has 1 unspecified atom stereocenters. The summed E-state index contributed by atoms with van der Waals surface area (Å²) in [4.78, 5) is 12.4. The monoisotopic (exact) mass is 290 g/mol. The summed E-state index contributed by atoms with van der Waals surface area (Å²) in [6, 6.07) is 2.38. The van der Waals surface area contributed by atoms with Crippen LogP contribution in [0.2, 0.25) is 0 Å². The van der Waals surface area contributed by atoms with Crippen molar-refractivity contribution in [2.24, 2.45) is 5.92 Å². The van der Waals surface area contributed by atoms with E-state index in [1.807, 2.05) is 0 Å². The fourth-order valence-electron chi connectivity index (χ4n) is 1.99. The largest absolute Gasteiger partial charge is 0.396 e. The molecule has 0 radical (unpaired) electrons. The van der Waals surface area contributed by atoms with Gasteiger partial charge in [0.05, 0.1) is 5.69 Å². The van der Waals surface area contributed by atoms with E-state index in [2.05, 4.69) is 30.2 Å². The van der Waals surface area contributed by atoms with Crippen molar-refractivity contribution in [3.8, 4) is 6.07 Å². The molecule has 0 spiro atoms. The Morgan fingerprint density at radius 2 is 2.40 bits per heavy atom. The molecule has 0 aliphatic heterocycles. The van der Waals surface area contributed by atoms with Gasteiger partial charge in [0.25, 0.3) is 5.91 Å². The van der Waals surface area contributed by atoms with E-state index >= 15 is 0 Å². The van der Waals surface area contributed by atoms with Crippen LogP contribution < -0.4 is 16.4 Å². The summed E-state index contributed by atoms with van der Waals surface area (Å²) in [6.07, 6.45) is 4.02. The van der Waals surface area contributed by atoms with Gasteiger partial charge in [0.15, 0.2) is 0 Å². The minimum Gasteiger partial charge on any atom is -0.396 e. The highest BCUT2D eigenvalue weighted by atomic mass is 32.1. The highest BCUT2D eigenvalue weighted by molar-refractivity contribution is 7.19. The number of rotatable bonds is 6. The van der Waals surface area contributed by atoms with Gasteiger partial charge in [-0.05, 0) is 25.7 Å². The van der Waals surface area contributed by atoms with Crippen LogP contribution in [0, 0.1) is 17.2 Å². The molecule has 2 rings (SSSR count). The summed E-state index contributed by atoms with van der Waals surface area (Å²) in [5.74, 6) is 0.388. The molecule has 1 atom stereocenters. The van der Waals surface area contributed by atoms with Gasteiger partial charge in [-0.2, -0.15) is 5.26 Å². The number of thiophene rings is 1. The second kappa shape index (κ2) is 5.97. The van der Waals surface area contributed by atoms with Gasteiger partial charge in [-0.3, -0.25) is 4.79 Å². The predicted molar refractivity (Wildman–Crippen MR) is 81.8 cm³/mol. The van der Waals surface area contributed by atoms with Crippen molar-refractivity contribution >= 4 is 27.9 Å². The van der Waals surface area contributed by atoms with Crippen molar-refractivity contribution in [3.05, 3.63) is 23.1 Å². The zero-order valence-corrected chi connectivity index (χ0v) is 12.2. The number of carbonyl (C=O) groups excluding carboxylic acids is 1. The van der Waals surface area contributed by atoms with Crippen LogP contribution >= 0.6 is 11.3 Å². The molecular weight excluding hydrogens is 272 g/mol. The number of nitrogens with two attached hydrogens (primary N) is 1. The summed E-state index contributed by atoms with van der Waals surface area (Å²) >= 11 is 1.24. The Labute approximate surface area is 122 Å². The lowest BCUT2D eigenvalue weighted by molar-refractivity contribution is 0.0963. The number of nitriles is 1. The molecule has 1 amide bonds. The van der Waals surface area contributed by atoms with Gasteiger partial charge in [0.1, 0.15) is 21.5 Å². The minimum absolute atomic E-state index is 0.254. The van der Waals surface area contributed by atoms with Crippen LogP contribution in [-0.4, -0.2) is 18.5 Å². The van der Waals surface area contributed by atoms with Crippen molar-refractivity contribution in [3.63, 3.8) is 0 Å². The number of anilines is 2. The molecule has 1 aromatic heterocycles. The average Bonchev–Trinajstić information content (AvgIpc) is 3.22. The summed E-state index contributed by atoms with van der Waals surface area (Å²) in [5.41, 5.74) is 6.54. The smallest absolute Gasteiger partial charge is 0.263 e. The van der Waals surface area contributed by atoms with Crippen LogP contribution in [0.5, 0.6) is 0 Å². The average molecular weight is 290 g/mol. The minimum atomic E-state index is -0.268. The molecule has 6 heteroatoms. The topological polar surface area (TPSA) is 90.9 Å². The van der Waals surface area contributed by atoms with Gasteiger partial charge in [0.2, 0.25) is 0 Å². The lowest BCUT2D eigenvalue weighted by Gasteiger charge is -2.12. The molecule has 106 valence electrons. The Hall–Kier alpha value is -2.00. The highest BCUT2D eigenvalue weighted by Gasteiger charge is 2.29. The second-order valence-corrected chi connectivity index (χ2v) is 5.95. The van der Waals surface area contributed by atoms with Crippen LogP contribution in [0.15, 0.2) is 12.7 Å². The van der Waals surface area contributed by atoms with E-state index in [0.29, 0.717) is 33.9 Å². The first kappa shape index (κ1) is 14.4. The maximum Gasteiger partial charge on any atom is 0.263 e. The molecule has 0 bridgehead atoms. The highest BCUT2D eigenvalue weighted by Crippen LogP contribution is 2.39. The third-order valence-electron chi connectivity index (χ3n) is 3.36. The van der Waals surface area contributed by atoms with E-state index in [9.17, 15) is 10.1 Å². The number of carbonyl (C=O) groups is 1. The van der Waals surface area contributed by atoms with Gasteiger partial charge in [-0.1, -0.05) is 6.08 Å². The van der Waals surface area contributed by atoms with Crippen LogP contribution in [-0.2, 0) is 0 Å². The normalized spacial score (nSPS) is 15.2. The van der Waals surface area contributed by atoms with Crippen molar-refractivity contribution in [2.45, 2.75) is 25.8 Å². The summed E-state index contributed by atoms with van der Waals surface area (Å²) in [5, 5.41) is 15.9. The first-order valence-electron chi connectivity index (χ1n) is 6.56. The molecular formula is C14H18N4OS. The number of hydrogen-bond acceptors (Lipinski definition) is 5. The van der Waals surface area contributed by atoms with Crippen molar-refractivity contribution < 1.29 is 4.79 Å². The van der Waals surface area contributed by atoms with E-state index in [1.54, 1.807) is 6.08 Å². The Morgan fingerprint density at radius 3 is 2.95 bits per heavy atom. The van der Waals surface area contributed by atoms with E-state index in [1.165, 1.54) is 24.2 Å². The van der Waals surface area contributed by atoms with Gasteiger partial charge in [-0.15, -0.1) is 17.9 Å². The van der Waals surface area contributed by atoms with E-state index in [0.717, 1.165) is 0 Å². The maximum atomic E-state index is 12.0. The lowest BCUT2D eigenvalue weighted by atomic mass is 10.2. The van der Waals surface area contributed by atoms with Crippen LogP contribution in [0.25, 0.3) is 0 Å². The molecule has 20 heavy (non-hydrogen) atoms. The molecule has 1 aliphatic rings. The first-order chi connectivity index (χ1) is 9.58. The van der Waals surface area contributed by atoms with Gasteiger partial charge in [0, 0.05) is 12.6 Å². The van der Waals surface area contributed by atoms with Crippen molar-refractivity contribution in [1.82, 2.24) is 5.32 Å². The number of amides is 1. The maximum absolute atomic E-state index is 12.0. The van der Waals surface area contributed by atoms with Crippen molar-refractivity contribution in [2.75, 3.05) is 17.6 Å². The fourth-order valence-corrected chi connectivity index (χ4v) is 3.07. The van der Waals surface area contributed by atoms with E-state index in [-0.39, 0.29) is 11.6 Å². The second-order valence-electron chi connectivity index (χ2n) is 4.93. The standard InChI is InChI=1S/C14H18N4OS/c1-3-6-17-13(19)12-11(16)10(7-15)14(20-12)18-8(2)9-4-5-9/h3,8-9,18H,1,4-6,16H2,2H3,(H,17,19). The van der Waals surface area contributed by atoms with Gasteiger partial charge < -0.3 is 16.4 Å². The predicted octanol–water partition coefficient (Wildman–Crippen LogP) is 2.33. The Morgan fingerprint density at radius 1 is 1.70 bits per heavy atom. The third-order valence-corrected chi connectivity index (χ3v) is 4.49. The molecule has 4 N–H and O–H groups in total. The van der Waals surface area contributed by atoms with Crippen LogP contribution in [0.3, 0.4) is 0 Å². The fraction of sp³-hybridized carbons (Fsp3) is 0.429. The van der Waals surface area contributed by atoms with E-state index in [4.69, 9.17) is 5.73 Å². The molecule has 1 aromatic rings. The summed E-state index contributed by atoms with van der Waals surface area (Å²) in [6.45, 7) is 6.01. The number of hydrogen-bond donors (Lipinski definition) is 3. The number of nitrogens with zero attached hydrogens (tertiary/aromatic N) is 1. The number of nitrogen functional groups attached to an aromatic ring is 1. The first-order valence-corrected chi connectivity index (χ1v) is 7.38. The Kier molecular flexibility index (Phi) is 4.30. The third kappa shape index (κ3) is 2.94. The SMILES string of the molecule is C=CCNC(=O)c1sc(NC(C)C2CC2)c(C#N)c1N. The van der Waals surface area contributed by atoms with Gasteiger partial charge >= 0.3 is 0 Å². The molecule has 1 saturated carbocycles. The quantitative estimate of drug-likeness (QED) is 0.701. The molecule has 0 saturated heterocycles. The van der Waals surface area contributed by atoms with Crippen LogP contribution in [0.1, 0.15) is 35.0 Å². The molecule has 1 fully saturated rings. The van der Waals surface area contributed by atoms with Crippen molar-refractivity contribution in [1.29, 1.82) is 5.26 Å². The lowest BCUT2D eigenvalue weighted by Crippen LogP contribution is -2.23. The zero-order valence-electron chi connectivity index (χ0n) is 11.4. The Bertz CT molecular complexity index is 568. The molecule has 1 heterocycles. The number of nitrogens with one attached hydrogen (secondary N) is 2. The van der Waals surface area contributed by atoms with E-state index < -0.39 is 0 Å². The molecule has 5 nitrogen and oxygen atoms in total. The summed E-state index contributed by atoms with van der Waals surface area (Å²) in [7, 11) is 0. The van der Waals surface area contributed by atoms with Gasteiger partial charge in [-0.25, -0.2) is 0 Å². The molecule has 1 aliphatic carbocycles. The van der Waals surface area contributed by atoms with Crippen LogP contribution in [0.4, 0.5) is 10.7 Å². The zero-order chi connectivity index (χ0) is 14.7. The summed E-state index contributed by atoms with van der Waals surface area (Å²) < 4.78 is 0. The molecule has 0 aromatic carbocycles.